The van der Waals surface area contributed by atoms with Crippen molar-refractivity contribution in [2.24, 2.45) is 0 Å². The highest BCUT2D eigenvalue weighted by Crippen LogP contribution is 2.16. The van der Waals surface area contributed by atoms with E-state index >= 15 is 0 Å². The lowest BCUT2D eigenvalue weighted by atomic mass is 10.1. The first-order valence-corrected chi connectivity index (χ1v) is 9.57. The Morgan fingerprint density at radius 1 is 1.11 bits per heavy atom. The maximum absolute atomic E-state index is 12.9. The van der Waals surface area contributed by atoms with Crippen molar-refractivity contribution in [1.29, 1.82) is 0 Å². The molecule has 0 radical (unpaired) electrons. The summed E-state index contributed by atoms with van der Waals surface area (Å²) in [6.07, 6.45) is 0.630. The number of halogens is 1. The molecule has 3 rings (SSSR count). The monoisotopic (exact) mass is 399 g/mol. The van der Waals surface area contributed by atoms with Gasteiger partial charge in [-0.3, -0.25) is 18.7 Å². The van der Waals surface area contributed by atoms with Crippen LogP contribution in [-0.2, 0) is 17.9 Å². The molecule has 1 N–H and O–H groups in total. The van der Waals surface area contributed by atoms with Gasteiger partial charge in [-0.05, 0) is 37.1 Å². The molecule has 0 saturated heterocycles. The number of benzene rings is 2. The fraction of sp³-hybridized carbons (Fsp3) is 0.286. The minimum atomic E-state index is -0.510. The molecule has 0 aliphatic rings. The SMILES string of the molecule is CCCn1c(=O)c2ccc(Cl)cc2n(CC(=O)N[C@@H](C)c2ccccc2)c1=O. The summed E-state index contributed by atoms with van der Waals surface area (Å²) in [6, 6.07) is 14.1. The third-order valence-electron chi connectivity index (χ3n) is 4.61. The fourth-order valence-electron chi connectivity index (χ4n) is 3.22. The number of amides is 1. The highest BCUT2D eigenvalue weighted by atomic mass is 35.5. The molecule has 1 amide bonds. The van der Waals surface area contributed by atoms with Gasteiger partial charge in [0.15, 0.2) is 0 Å². The zero-order chi connectivity index (χ0) is 20.3. The number of hydrogen-bond acceptors (Lipinski definition) is 3. The van der Waals surface area contributed by atoms with Crippen molar-refractivity contribution in [1.82, 2.24) is 14.5 Å². The van der Waals surface area contributed by atoms with Gasteiger partial charge in [-0.2, -0.15) is 0 Å². The number of rotatable bonds is 6. The zero-order valence-corrected chi connectivity index (χ0v) is 16.6. The van der Waals surface area contributed by atoms with Gasteiger partial charge in [0.25, 0.3) is 5.56 Å². The molecule has 7 heteroatoms. The van der Waals surface area contributed by atoms with Crippen molar-refractivity contribution in [3.63, 3.8) is 0 Å². The third kappa shape index (κ3) is 4.02. The molecule has 0 spiro atoms. The normalized spacial score (nSPS) is 12.1. The summed E-state index contributed by atoms with van der Waals surface area (Å²) in [5, 5.41) is 3.66. The predicted molar refractivity (Wildman–Crippen MR) is 111 cm³/mol. The van der Waals surface area contributed by atoms with Crippen LogP contribution in [0.5, 0.6) is 0 Å². The van der Waals surface area contributed by atoms with Crippen molar-refractivity contribution >= 4 is 28.4 Å². The van der Waals surface area contributed by atoms with Crippen molar-refractivity contribution in [3.05, 3.63) is 80.0 Å². The molecule has 0 fully saturated rings. The lowest BCUT2D eigenvalue weighted by molar-refractivity contribution is -0.122. The van der Waals surface area contributed by atoms with Crippen LogP contribution in [0.4, 0.5) is 0 Å². The minimum absolute atomic E-state index is 0.198. The lowest BCUT2D eigenvalue weighted by Crippen LogP contribution is -2.42. The Bertz CT molecular complexity index is 1120. The van der Waals surface area contributed by atoms with E-state index in [4.69, 9.17) is 11.6 Å². The Morgan fingerprint density at radius 2 is 1.82 bits per heavy atom. The van der Waals surface area contributed by atoms with E-state index in [1.54, 1.807) is 18.2 Å². The molecule has 1 aromatic heterocycles. The molecule has 0 bridgehead atoms. The summed E-state index contributed by atoms with van der Waals surface area (Å²) in [4.78, 5) is 38.2. The first kappa shape index (κ1) is 19.9. The minimum Gasteiger partial charge on any atom is -0.348 e. The van der Waals surface area contributed by atoms with Gasteiger partial charge in [0.05, 0.1) is 16.9 Å². The van der Waals surface area contributed by atoms with Crippen molar-refractivity contribution in [3.8, 4) is 0 Å². The Labute approximate surface area is 167 Å². The molecule has 1 heterocycles. The molecule has 6 nitrogen and oxygen atoms in total. The second-order valence-corrected chi connectivity index (χ2v) is 7.12. The number of carbonyl (C=O) groups is 1. The molecular weight excluding hydrogens is 378 g/mol. The molecule has 0 aliphatic carbocycles. The van der Waals surface area contributed by atoms with Crippen LogP contribution < -0.4 is 16.6 Å². The molecule has 3 aromatic rings. The Kier molecular flexibility index (Phi) is 5.99. The summed E-state index contributed by atoms with van der Waals surface area (Å²) < 4.78 is 2.48. The Hall–Kier alpha value is -2.86. The molecule has 2 aromatic carbocycles. The Morgan fingerprint density at radius 3 is 2.50 bits per heavy atom. The molecule has 146 valence electrons. The summed E-state index contributed by atoms with van der Waals surface area (Å²) in [5.41, 5.74) is 0.446. The van der Waals surface area contributed by atoms with Crippen LogP contribution >= 0.6 is 11.6 Å². The molecule has 1 atom stereocenters. The number of aromatic nitrogens is 2. The number of fused-ring (bicyclic) bond motifs is 1. The van der Waals surface area contributed by atoms with E-state index in [1.165, 1.54) is 9.13 Å². The number of nitrogens with one attached hydrogen (secondary N) is 1. The summed E-state index contributed by atoms with van der Waals surface area (Å²) in [5.74, 6) is -0.318. The maximum atomic E-state index is 12.9. The third-order valence-corrected chi connectivity index (χ3v) is 4.85. The fourth-order valence-corrected chi connectivity index (χ4v) is 3.39. The van der Waals surface area contributed by atoms with Gasteiger partial charge in [0, 0.05) is 11.6 Å². The largest absolute Gasteiger partial charge is 0.348 e. The van der Waals surface area contributed by atoms with Gasteiger partial charge in [-0.25, -0.2) is 4.79 Å². The highest BCUT2D eigenvalue weighted by molar-refractivity contribution is 6.31. The average Bonchev–Trinajstić information content (AvgIpc) is 2.69. The van der Waals surface area contributed by atoms with Crippen molar-refractivity contribution < 1.29 is 4.79 Å². The maximum Gasteiger partial charge on any atom is 0.331 e. The number of carbonyl (C=O) groups excluding carboxylic acids is 1. The molecule has 28 heavy (non-hydrogen) atoms. The van der Waals surface area contributed by atoms with E-state index in [0.717, 1.165) is 5.56 Å². The first-order chi connectivity index (χ1) is 13.4. The second-order valence-electron chi connectivity index (χ2n) is 6.69. The quantitative estimate of drug-likeness (QED) is 0.692. The van der Waals surface area contributed by atoms with Gasteiger partial charge in [0.1, 0.15) is 6.54 Å². The van der Waals surface area contributed by atoms with E-state index in [9.17, 15) is 14.4 Å². The van der Waals surface area contributed by atoms with Crippen molar-refractivity contribution in [2.45, 2.75) is 39.4 Å². The second kappa shape index (κ2) is 8.44. The summed E-state index contributed by atoms with van der Waals surface area (Å²) >= 11 is 6.07. The zero-order valence-electron chi connectivity index (χ0n) is 15.8. The molecule has 0 saturated carbocycles. The smallest absolute Gasteiger partial charge is 0.331 e. The topological polar surface area (TPSA) is 73.1 Å². The van der Waals surface area contributed by atoms with Crippen LogP contribution in [0.25, 0.3) is 10.9 Å². The van der Waals surface area contributed by atoms with Gasteiger partial charge in [0.2, 0.25) is 5.91 Å². The van der Waals surface area contributed by atoms with Crippen molar-refractivity contribution in [2.75, 3.05) is 0 Å². The predicted octanol–water partition coefficient (Wildman–Crippen LogP) is 3.10. The summed E-state index contributed by atoms with van der Waals surface area (Å²) in [6.45, 7) is 3.86. The van der Waals surface area contributed by atoms with E-state index in [-0.39, 0.29) is 30.6 Å². The van der Waals surface area contributed by atoms with Gasteiger partial charge in [-0.1, -0.05) is 48.9 Å². The summed E-state index contributed by atoms with van der Waals surface area (Å²) in [7, 11) is 0. The number of hydrogen-bond donors (Lipinski definition) is 1. The van der Waals surface area contributed by atoms with Crippen LogP contribution in [-0.4, -0.2) is 15.0 Å². The van der Waals surface area contributed by atoms with E-state index in [0.29, 0.717) is 22.3 Å². The van der Waals surface area contributed by atoms with E-state index in [2.05, 4.69) is 5.32 Å². The molecule has 0 unspecified atom stereocenters. The first-order valence-electron chi connectivity index (χ1n) is 9.19. The molecule has 0 aliphatic heterocycles. The Balaban J connectivity index is 1.99. The average molecular weight is 400 g/mol. The van der Waals surface area contributed by atoms with Crippen LogP contribution in [0.2, 0.25) is 5.02 Å². The standard InChI is InChI=1S/C21H22ClN3O3/c1-3-11-24-20(27)17-10-9-16(22)12-18(17)25(21(24)28)13-19(26)23-14(2)15-7-5-4-6-8-15/h4-10,12,14H,3,11,13H2,1-2H3,(H,23,26)/t14-/m0/s1. The van der Waals surface area contributed by atoms with Crippen LogP contribution in [0.15, 0.2) is 58.1 Å². The van der Waals surface area contributed by atoms with Crippen LogP contribution in [0, 0.1) is 0 Å². The number of nitrogens with zero attached hydrogens (tertiary/aromatic N) is 2. The highest BCUT2D eigenvalue weighted by Gasteiger charge is 2.17. The van der Waals surface area contributed by atoms with Gasteiger partial charge >= 0.3 is 5.69 Å². The lowest BCUT2D eigenvalue weighted by Gasteiger charge is -2.17. The van der Waals surface area contributed by atoms with Gasteiger partial charge in [-0.15, -0.1) is 0 Å². The van der Waals surface area contributed by atoms with Gasteiger partial charge < -0.3 is 5.32 Å². The van der Waals surface area contributed by atoms with Crippen LogP contribution in [0.3, 0.4) is 0 Å². The van der Waals surface area contributed by atoms with Crippen LogP contribution in [0.1, 0.15) is 31.9 Å². The van der Waals surface area contributed by atoms with E-state index < -0.39 is 5.69 Å². The van der Waals surface area contributed by atoms with E-state index in [1.807, 2.05) is 44.2 Å². The molecular formula is C21H22ClN3O3.